The molecule has 2 N–H and O–H groups in total. The molecular formula is C16H19N3O. The minimum absolute atomic E-state index is 0.476. The topological polar surface area (TPSA) is 51.4 Å². The van der Waals surface area contributed by atoms with Crippen molar-refractivity contribution in [3.05, 3.63) is 48.0 Å². The second-order valence-electron chi connectivity index (χ2n) is 4.98. The lowest BCUT2D eigenvalue weighted by Gasteiger charge is -2.19. The number of fused-ring (bicyclic) bond motifs is 1. The van der Waals surface area contributed by atoms with Crippen LogP contribution in [0.1, 0.15) is 17.9 Å². The van der Waals surface area contributed by atoms with Gasteiger partial charge in [0.1, 0.15) is 5.82 Å². The van der Waals surface area contributed by atoms with Gasteiger partial charge in [-0.25, -0.2) is 0 Å². The fourth-order valence-electron chi connectivity index (χ4n) is 2.83. The number of aromatic nitrogens is 1. The quantitative estimate of drug-likeness (QED) is 0.927. The van der Waals surface area contributed by atoms with Gasteiger partial charge in [-0.05, 0) is 30.7 Å². The van der Waals surface area contributed by atoms with E-state index in [1.54, 1.807) is 7.11 Å². The molecule has 0 spiro atoms. The molecule has 1 aromatic carbocycles. The van der Waals surface area contributed by atoms with Crippen LogP contribution >= 0.6 is 0 Å². The van der Waals surface area contributed by atoms with Crippen LogP contribution in [-0.4, -0.2) is 25.2 Å². The largest absolute Gasteiger partial charge is 0.481 e. The highest BCUT2D eigenvalue weighted by Crippen LogP contribution is 2.41. The molecule has 0 amide bonds. The van der Waals surface area contributed by atoms with Crippen LogP contribution in [0, 0.1) is 0 Å². The number of nitrogens with two attached hydrogens (primary N) is 1. The van der Waals surface area contributed by atoms with Crippen LogP contribution in [-0.2, 0) is 0 Å². The van der Waals surface area contributed by atoms with Crippen molar-refractivity contribution in [2.45, 2.75) is 12.3 Å². The van der Waals surface area contributed by atoms with E-state index in [1.165, 1.54) is 11.3 Å². The predicted molar refractivity (Wildman–Crippen MR) is 80.6 cm³/mol. The van der Waals surface area contributed by atoms with E-state index in [2.05, 4.69) is 34.1 Å². The summed E-state index contributed by atoms with van der Waals surface area (Å²) in [7, 11) is 1.64. The van der Waals surface area contributed by atoms with E-state index in [9.17, 15) is 0 Å². The lowest BCUT2D eigenvalue weighted by atomic mass is 9.98. The maximum Gasteiger partial charge on any atom is 0.214 e. The first-order valence-corrected chi connectivity index (χ1v) is 6.91. The van der Waals surface area contributed by atoms with E-state index in [0.29, 0.717) is 18.3 Å². The molecule has 1 aromatic heterocycles. The Morgan fingerprint density at radius 3 is 2.90 bits per heavy atom. The molecule has 0 aliphatic carbocycles. The summed E-state index contributed by atoms with van der Waals surface area (Å²) in [6, 6.07) is 14.3. The zero-order valence-electron chi connectivity index (χ0n) is 11.6. The van der Waals surface area contributed by atoms with Crippen molar-refractivity contribution in [3.8, 4) is 5.88 Å². The third-order valence-electron chi connectivity index (χ3n) is 3.78. The van der Waals surface area contributed by atoms with Crippen molar-refractivity contribution in [1.82, 2.24) is 4.98 Å². The van der Waals surface area contributed by atoms with Crippen LogP contribution < -0.4 is 15.4 Å². The van der Waals surface area contributed by atoms with E-state index in [1.807, 2.05) is 18.2 Å². The van der Waals surface area contributed by atoms with E-state index >= 15 is 0 Å². The van der Waals surface area contributed by atoms with Gasteiger partial charge in [0.05, 0.1) is 7.11 Å². The Morgan fingerprint density at radius 1 is 1.25 bits per heavy atom. The first kappa shape index (κ1) is 12.9. The average Bonchev–Trinajstić information content (AvgIpc) is 2.87. The second kappa shape index (κ2) is 5.51. The average molecular weight is 269 g/mol. The van der Waals surface area contributed by atoms with Gasteiger partial charge in [0.2, 0.25) is 5.88 Å². The summed E-state index contributed by atoms with van der Waals surface area (Å²) in [5, 5.41) is 0. The van der Waals surface area contributed by atoms with Crippen LogP contribution in [0.15, 0.2) is 42.5 Å². The van der Waals surface area contributed by atoms with E-state index in [0.717, 1.165) is 18.8 Å². The number of methoxy groups -OCH3 is 1. The number of ether oxygens (including phenoxy) is 1. The summed E-state index contributed by atoms with van der Waals surface area (Å²) in [6.07, 6.45) is 0.998. The molecule has 0 fully saturated rings. The molecule has 2 heterocycles. The number of anilines is 2. The highest BCUT2D eigenvalue weighted by molar-refractivity contribution is 5.69. The first-order chi connectivity index (χ1) is 9.83. The molecule has 0 saturated heterocycles. The lowest BCUT2D eigenvalue weighted by molar-refractivity contribution is 0.398. The van der Waals surface area contributed by atoms with Crippen LogP contribution in [0.25, 0.3) is 0 Å². The van der Waals surface area contributed by atoms with Gasteiger partial charge in [0.15, 0.2) is 0 Å². The normalized spacial score (nSPS) is 17.1. The van der Waals surface area contributed by atoms with Crippen LogP contribution in [0.4, 0.5) is 11.5 Å². The molecule has 4 nitrogen and oxygen atoms in total. The number of pyridine rings is 1. The molecule has 1 atom stereocenters. The molecule has 0 saturated carbocycles. The summed E-state index contributed by atoms with van der Waals surface area (Å²) in [5.74, 6) is 2.04. The maximum absolute atomic E-state index is 5.74. The Morgan fingerprint density at radius 2 is 2.10 bits per heavy atom. The smallest absolute Gasteiger partial charge is 0.214 e. The Hall–Kier alpha value is -2.07. The van der Waals surface area contributed by atoms with E-state index in [-0.39, 0.29) is 0 Å². The third-order valence-corrected chi connectivity index (χ3v) is 3.78. The Bertz CT molecular complexity index is 600. The molecule has 2 aromatic rings. The molecule has 4 heteroatoms. The van der Waals surface area contributed by atoms with Crippen LogP contribution in [0.5, 0.6) is 5.88 Å². The number of nitrogens with zero attached hydrogens (tertiary/aromatic N) is 2. The summed E-state index contributed by atoms with van der Waals surface area (Å²) >= 11 is 0. The third kappa shape index (κ3) is 2.23. The number of para-hydroxylation sites is 1. The molecular weight excluding hydrogens is 250 g/mol. The van der Waals surface area contributed by atoms with Crippen molar-refractivity contribution in [1.29, 1.82) is 0 Å². The van der Waals surface area contributed by atoms with Crippen LogP contribution in [0.2, 0.25) is 0 Å². The van der Waals surface area contributed by atoms with E-state index in [4.69, 9.17) is 10.5 Å². The zero-order valence-corrected chi connectivity index (χ0v) is 11.6. The molecule has 3 rings (SSSR count). The highest BCUT2D eigenvalue weighted by Gasteiger charge is 2.29. The molecule has 0 radical (unpaired) electrons. The van der Waals surface area contributed by atoms with Gasteiger partial charge in [0, 0.05) is 24.2 Å². The monoisotopic (exact) mass is 269 g/mol. The Balaban J connectivity index is 1.98. The molecule has 1 aliphatic heterocycles. The fourth-order valence-corrected chi connectivity index (χ4v) is 2.83. The summed E-state index contributed by atoms with van der Waals surface area (Å²) in [5.41, 5.74) is 8.33. The predicted octanol–water partition coefficient (Wildman–Crippen LogP) is 2.67. The number of benzene rings is 1. The highest BCUT2D eigenvalue weighted by atomic mass is 16.5. The van der Waals surface area contributed by atoms with Gasteiger partial charge in [0.25, 0.3) is 0 Å². The van der Waals surface area contributed by atoms with Crippen molar-refractivity contribution in [3.63, 3.8) is 0 Å². The molecule has 1 unspecified atom stereocenters. The minimum Gasteiger partial charge on any atom is -0.481 e. The Kier molecular flexibility index (Phi) is 3.56. The minimum atomic E-state index is 0.476. The zero-order chi connectivity index (χ0) is 13.9. The SMILES string of the molecule is COc1cccc(N2CC(CCN)c3ccccc32)n1. The van der Waals surface area contributed by atoms with Gasteiger partial charge in [-0.2, -0.15) is 4.98 Å². The van der Waals surface area contributed by atoms with Crippen molar-refractivity contribution in [2.24, 2.45) is 5.73 Å². The maximum atomic E-state index is 5.74. The standard InChI is InChI=1S/C16H19N3O/c1-20-16-8-4-7-15(18-16)19-11-12(9-10-17)13-5-2-3-6-14(13)19/h2-8,12H,9-11,17H2,1H3. The lowest BCUT2D eigenvalue weighted by Crippen LogP contribution is -2.18. The number of rotatable bonds is 4. The van der Waals surface area contributed by atoms with Gasteiger partial charge < -0.3 is 15.4 Å². The fraction of sp³-hybridized carbons (Fsp3) is 0.312. The number of hydrogen-bond donors (Lipinski definition) is 1. The van der Waals surface area contributed by atoms with Gasteiger partial charge in [-0.1, -0.05) is 24.3 Å². The van der Waals surface area contributed by atoms with Crippen molar-refractivity contribution in [2.75, 3.05) is 25.1 Å². The van der Waals surface area contributed by atoms with Gasteiger partial charge >= 0.3 is 0 Å². The summed E-state index contributed by atoms with van der Waals surface area (Å²) in [4.78, 5) is 6.79. The molecule has 104 valence electrons. The second-order valence-corrected chi connectivity index (χ2v) is 4.98. The molecule has 1 aliphatic rings. The van der Waals surface area contributed by atoms with Crippen molar-refractivity contribution >= 4 is 11.5 Å². The van der Waals surface area contributed by atoms with Crippen molar-refractivity contribution < 1.29 is 4.74 Å². The summed E-state index contributed by atoms with van der Waals surface area (Å²) < 4.78 is 5.22. The molecule has 20 heavy (non-hydrogen) atoms. The van der Waals surface area contributed by atoms with Gasteiger partial charge in [-0.3, -0.25) is 0 Å². The molecule has 0 bridgehead atoms. The summed E-state index contributed by atoms with van der Waals surface area (Å²) in [6.45, 7) is 1.63. The number of hydrogen-bond acceptors (Lipinski definition) is 4. The van der Waals surface area contributed by atoms with Gasteiger partial charge in [-0.15, -0.1) is 0 Å². The van der Waals surface area contributed by atoms with Crippen LogP contribution in [0.3, 0.4) is 0 Å². The van der Waals surface area contributed by atoms with E-state index < -0.39 is 0 Å². The Labute approximate surface area is 119 Å². The first-order valence-electron chi connectivity index (χ1n) is 6.91.